The van der Waals surface area contributed by atoms with Gasteiger partial charge < -0.3 is 5.11 Å². The molecule has 0 bridgehead atoms. The van der Waals surface area contributed by atoms with Crippen LogP contribution in [0.4, 0.5) is 5.69 Å². The van der Waals surface area contributed by atoms with Gasteiger partial charge in [0, 0.05) is 17.3 Å². The number of rotatable bonds is 8. The van der Waals surface area contributed by atoms with E-state index in [0.717, 1.165) is 5.01 Å². The molecule has 11 nitrogen and oxygen atoms in total. The lowest BCUT2D eigenvalue weighted by Crippen LogP contribution is -2.19. The van der Waals surface area contributed by atoms with Crippen molar-refractivity contribution in [2.45, 2.75) is 9.79 Å². The third kappa shape index (κ3) is 4.87. The molecule has 26 heavy (non-hydrogen) atoms. The van der Waals surface area contributed by atoms with Gasteiger partial charge in [-0.15, -0.1) is 9.45 Å². The Kier molecular flexibility index (Phi) is 6.47. The number of nitrogens with zero attached hydrogens (tertiary/aromatic N) is 3. The van der Waals surface area contributed by atoms with Crippen LogP contribution in [0.2, 0.25) is 0 Å². The summed E-state index contributed by atoms with van der Waals surface area (Å²) in [4.78, 5) is 10.5. The van der Waals surface area contributed by atoms with Crippen molar-refractivity contribution < 1.29 is 37.5 Å². The summed E-state index contributed by atoms with van der Waals surface area (Å²) in [6.07, 6.45) is 0. The Morgan fingerprint density at radius 2 is 2.00 bits per heavy atom. The normalized spacial score (nSPS) is 12.0. The van der Waals surface area contributed by atoms with Gasteiger partial charge in [0.1, 0.15) is 17.1 Å². The van der Waals surface area contributed by atoms with Gasteiger partial charge in [-0.2, -0.15) is 8.42 Å². The average Bonchev–Trinajstić information content (AvgIpc) is 2.55. The van der Waals surface area contributed by atoms with Crippen molar-refractivity contribution in [3.05, 3.63) is 30.3 Å². The second kappa shape index (κ2) is 8.39. The molecule has 0 aliphatic rings. The predicted octanol–water partition coefficient (Wildman–Crippen LogP) is 2.53. The van der Waals surface area contributed by atoms with Crippen LogP contribution in [0.15, 0.2) is 50.5 Å². The van der Waals surface area contributed by atoms with Crippen molar-refractivity contribution in [3.63, 3.8) is 0 Å². The number of hydrogen-bond donors (Lipinski definition) is 3. The number of likely N-dealkylation sites (N-methyl/N-ethyl adjacent to an activating group) is 1. The summed E-state index contributed by atoms with van der Waals surface area (Å²) in [6, 6.07) is 7.29. The molecule has 140 valence electrons. The van der Waals surface area contributed by atoms with Gasteiger partial charge in [0.05, 0.1) is 12.0 Å². The highest BCUT2D eigenvalue weighted by atomic mass is 32.2. The summed E-state index contributed by atoms with van der Waals surface area (Å²) in [7, 11) is -3.35. The summed E-state index contributed by atoms with van der Waals surface area (Å²) in [5, 5.41) is 29.3. The molecule has 0 amide bonds. The molecular formula is C13H13N3O8S2. The van der Waals surface area contributed by atoms with Gasteiger partial charge in [0.2, 0.25) is 0 Å². The first-order valence-corrected chi connectivity index (χ1v) is 8.94. The Balaban J connectivity index is 2.58. The minimum Gasteiger partial charge on any atom is -0.480 e. The Hall–Kier alpha value is -2.29. The number of carboxylic acid groups (broad SMARTS) is 1. The summed E-state index contributed by atoms with van der Waals surface area (Å²) < 4.78 is 37.7. The van der Waals surface area contributed by atoms with Crippen LogP contribution in [0.3, 0.4) is 0 Å². The summed E-state index contributed by atoms with van der Waals surface area (Å²) in [6.45, 7) is -0.447. The summed E-state index contributed by atoms with van der Waals surface area (Å²) in [5.41, 5.74) is -0.182. The standard InChI is InChI=1S/C13H13N3O8S2/c1-16(7-12(17)18)15-14-10-6-5-8-9(13(10)26(20,21)22)3-2-4-11(8)25-24-23-19/h2-6,19H,7H2,1H3,(H,17,18)(H,20,21,22). The molecule has 2 aromatic carbocycles. The first kappa shape index (κ1) is 20.0. The van der Waals surface area contributed by atoms with E-state index in [2.05, 4.69) is 19.7 Å². The Morgan fingerprint density at radius 3 is 2.62 bits per heavy atom. The highest BCUT2D eigenvalue weighted by Crippen LogP contribution is 2.37. The van der Waals surface area contributed by atoms with E-state index in [4.69, 9.17) is 10.4 Å². The zero-order valence-electron chi connectivity index (χ0n) is 13.1. The highest BCUT2D eigenvalue weighted by Gasteiger charge is 2.21. The van der Waals surface area contributed by atoms with Crippen LogP contribution in [-0.2, 0) is 24.3 Å². The van der Waals surface area contributed by atoms with Gasteiger partial charge in [-0.3, -0.25) is 14.4 Å². The topological polar surface area (TPSA) is 158 Å². The maximum Gasteiger partial charge on any atom is 0.324 e. The van der Waals surface area contributed by atoms with E-state index in [1.165, 1.54) is 31.3 Å². The van der Waals surface area contributed by atoms with Crippen LogP contribution in [0.25, 0.3) is 10.8 Å². The molecule has 3 N–H and O–H groups in total. The van der Waals surface area contributed by atoms with Gasteiger partial charge in [0.25, 0.3) is 10.1 Å². The lowest BCUT2D eigenvalue weighted by molar-refractivity contribution is -0.432. The molecule has 0 unspecified atom stereocenters. The fourth-order valence-corrected chi connectivity index (χ4v) is 3.45. The largest absolute Gasteiger partial charge is 0.480 e. The van der Waals surface area contributed by atoms with Crippen molar-refractivity contribution in [3.8, 4) is 0 Å². The number of hydrogen-bond acceptors (Lipinski definition) is 9. The van der Waals surface area contributed by atoms with Crippen LogP contribution in [0, 0.1) is 0 Å². The molecule has 2 aromatic rings. The van der Waals surface area contributed by atoms with Gasteiger partial charge in [-0.1, -0.05) is 28.5 Å². The smallest absolute Gasteiger partial charge is 0.324 e. The van der Waals surface area contributed by atoms with E-state index >= 15 is 0 Å². The molecule has 0 radical (unpaired) electrons. The van der Waals surface area contributed by atoms with Gasteiger partial charge in [-0.25, -0.2) is 5.26 Å². The molecular weight excluding hydrogens is 390 g/mol. The number of aliphatic carboxylic acids is 1. The van der Waals surface area contributed by atoms with Crippen LogP contribution < -0.4 is 0 Å². The zero-order valence-corrected chi connectivity index (χ0v) is 14.8. The molecule has 13 heteroatoms. The van der Waals surface area contributed by atoms with Crippen LogP contribution in [-0.4, -0.2) is 47.9 Å². The molecule has 0 aromatic heterocycles. The predicted molar refractivity (Wildman–Crippen MR) is 89.2 cm³/mol. The molecule has 2 rings (SSSR count). The van der Waals surface area contributed by atoms with E-state index in [-0.39, 0.29) is 11.1 Å². The minimum atomic E-state index is -4.69. The third-order valence-corrected chi connectivity index (χ3v) is 4.64. The Labute approximate surface area is 151 Å². The lowest BCUT2D eigenvalue weighted by atomic mass is 10.1. The number of benzene rings is 2. The van der Waals surface area contributed by atoms with Crippen LogP contribution in [0.1, 0.15) is 0 Å². The third-order valence-electron chi connectivity index (χ3n) is 3.03. The molecule has 0 spiro atoms. The SMILES string of the molecule is CN(CC(=O)O)N=Nc1ccc2c(SOOO)cccc2c1S(=O)(=O)O. The monoisotopic (exact) mass is 403 g/mol. The van der Waals surface area contributed by atoms with E-state index in [9.17, 15) is 17.8 Å². The highest BCUT2D eigenvalue weighted by molar-refractivity contribution is 7.94. The van der Waals surface area contributed by atoms with Crippen molar-refractivity contribution in [1.82, 2.24) is 5.01 Å². The van der Waals surface area contributed by atoms with Crippen LogP contribution >= 0.6 is 12.0 Å². The lowest BCUT2D eigenvalue weighted by Gasteiger charge is -2.11. The van der Waals surface area contributed by atoms with E-state index < -0.39 is 27.5 Å². The van der Waals surface area contributed by atoms with Gasteiger partial charge >= 0.3 is 5.97 Å². The molecule has 0 aliphatic carbocycles. The first-order chi connectivity index (χ1) is 12.2. The zero-order chi connectivity index (χ0) is 19.3. The maximum atomic E-state index is 11.9. The fourth-order valence-electron chi connectivity index (χ4n) is 2.12. The van der Waals surface area contributed by atoms with Gasteiger partial charge in [-0.05, 0) is 17.5 Å². The van der Waals surface area contributed by atoms with Gasteiger partial charge in [0.15, 0.2) is 0 Å². The number of carboxylic acids is 1. The van der Waals surface area contributed by atoms with Crippen molar-refractivity contribution in [2.24, 2.45) is 10.3 Å². The molecule has 0 fully saturated rings. The summed E-state index contributed by atoms with van der Waals surface area (Å²) in [5.74, 6) is -1.15. The second-order valence-electron chi connectivity index (χ2n) is 4.87. The van der Waals surface area contributed by atoms with Crippen molar-refractivity contribution in [1.29, 1.82) is 0 Å². The number of carbonyl (C=O) groups is 1. The molecule has 0 heterocycles. The maximum absolute atomic E-state index is 11.9. The Morgan fingerprint density at radius 1 is 1.27 bits per heavy atom. The van der Waals surface area contributed by atoms with E-state index in [0.29, 0.717) is 22.3 Å². The fraction of sp³-hybridized carbons (Fsp3) is 0.154. The quantitative estimate of drug-likeness (QED) is 0.196. The molecule has 0 saturated heterocycles. The molecule has 0 atom stereocenters. The molecule has 0 saturated carbocycles. The summed E-state index contributed by atoms with van der Waals surface area (Å²) >= 11 is 0.624. The van der Waals surface area contributed by atoms with Crippen molar-refractivity contribution in [2.75, 3.05) is 13.6 Å². The number of fused-ring (bicyclic) bond motifs is 1. The molecule has 0 aliphatic heterocycles. The van der Waals surface area contributed by atoms with E-state index in [1.807, 2.05) is 0 Å². The minimum absolute atomic E-state index is 0.122. The van der Waals surface area contributed by atoms with E-state index in [1.54, 1.807) is 6.07 Å². The average molecular weight is 403 g/mol. The Bertz CT molecular complexity index is 948. The van der Waals surface area contributed by atoms with Crippen LogP contribution in [0.5, 0.6) is 0 Å². The second-order valence-corrected chi connectivity index (χ2v) is 6.97. The van der Waals surface area contributed by atoms with Crippen molar-refractivity contribution >= 4 is 44.6 Å². The first-order valence-electron chi connectivity index (χ1n) is 6.76.